The molecule has 138 valence electrons. The lowest BCUT2D eigenvalue weighted by Crippen LogP contribution is -2.29. The lowest BCUT2D eigenvalue weighted by molar-refractivity contribution is 0.592. The maximum atomic E-state index is 13.3. The van der Waals surface area contributed by atoms with Crippen LogP contribution in [-0.2, 0) is 9.84 Å². The molecule has 0 radical (unpaired) electrons. The molecule has 1 aromatic heterocycles. The molecule has 26 heavy (non-hydrogen) atoms. The number of fused-ring (bicyclic) bond motifs is 1. The van der Waals surface area contributed by atoms with E-state index in [1.54, 1.807) is 6.07 Å². The van der Waals surface area contributed by atoms with Crippen LogP contribution in [0.2, 0.25) is 5.02 Å². The number of piperidine rings is 1. The van der Waals surface area contributed by atoms with Crippen molar-refractivity contribution in [2.45, 2.75) is 11.2 Å². The molecule has 2 heterocycles. The summed E-state index contributed by atoms with van der Waals surface area (Å²) in [6.45, 7) is 1.49. The molecule has 2 fully saturated rings. The molecule has 1 aliphatic carbocycles. The molecule has 4 rings (SSSR count). The Hall–Kier alpha value is -1.97. The number of rotatable bonds is 4. The maximum absolute atomic E-state index is 13.3. The number of hydrogen-bond acceptors (Lipinski definition) is 7. The van der Waals surface area contributed by atoms with Gasteiger partial charge in [0.15, 0.2) is 0 Å². The third-order valence-corrected chi connectivity index (χ3v) is 5.94. The Kier molecular flexibility index (Phi) is 4.05. The summed E-state index contributed by atoms with van der Waals surface area (Å²) in [5.41, 5.74) is 6.45. The van der Waals surface area contributed by atoms with Crippen LogP contribution >= 0.6 is 11.6 Å². The monoisotopic (exact) mass is 397 g/mol. The highest BCUT2D eigenvalue weighted by Gasteiger charge is 2.53. The first kappa shape index (κ1) is 17.4. The average Bonchev–Trinajstić information content (AvgIpc) is 2.98. The number of nitrogens with two attached hydrogens (primary N) is 1. The Morgan fingerprint density at radius 1 is 1.27 bits per heavy atom. The van der Waals surface area contributed by atoms with E-state index in [2.05, 4.69) is 15.3 Å². The summed E-state index contributed by atoms with van der Waals surface area (Å²) in [5.74, 6) is 1.14. The Bertz CT molecular complexity index is 975. The highest BCUT2D eigenvalue weighted by molar-refractivity contribution is 7.90. The topological polar surface area (TPSA) is 101 Å². The Morgan fingerprint density at radius 2 is 1.96 bits per heavy atom. The first-order valence-corrected chi connectivity index (χ1v) is 10.3. The van der Waals surface area contributed by atoms with E-state index in [0.29, 0.717) is 29.2 Å². The van der Waals surface area contributed by atoms with Crippen LogP contribution in [0, 0.1) is 17.7 Å². The summed E-state index contributed by atoms with van der Waals surface area (Å²) < 4.78 is 37.3. The largest absolute Gasteiger partial charge is 0.356 e. The zero-order valence-corrected chi connectivity index (χ0v) is 15.4. The number of nitrogens with one attached hydrogen (secondary N) is 1. The van der Waals surface area contributed by atoms with Gasteiger partial charge in [-0.05, 0) is 30.0 Å². The van der Waals surface area contributed by atoms with E-state index in [9.17, 15) is 12.8 Å². The van der Waals surface area contributed by atoms with E-state index in [-0.39, 0.29) is 16.2 Å². The van der Waals surface area contributed by atoms with Crippen LogP contribution in [-0.4, -0.2) is 43.8 Å². The molecule has 2 aromatic rings. The highest BCUT2D eigenvalue weighted by Crippen LogP contribution is 2.45. The van der Waals surface area contributed by atoms with Crippen LogP contribution in [0.3, 0.4) is 0 Å². The van der Waals surface area contributed by atoms with Gasteiger partial charge in [0.1, 0.15) is 17.5 Å². The van der Waals surface area contributed by atoms with Crippen molar-refractivity contribution >= 4 is 38.8 Å². The molecular weight excluding hydrogens is 381 g/mol. The number of halogens is 2. The van der Waals surface area contributed by atoms with Gasteiger partial charge in [0.2, 0.25) is 9.84 Å². The van der Waals surface area contributed by atoms with Crippen LogP contribution in [0.15, 0.2) is 29.4 Å². The average molecular weight is 398 g/mol. The summed E-state index contributed by atoms with van der Waals surface area (Å²) in [7, 11) is -3.60. The van der Waals surface area contributed by atoms with E-state index >= 15 is 0 Å². The molecule has 10 heteroatoms. The van der Waals surface area contributed by atoms with Gasteiger partial charge in [-0.2, -0.15) is 0 Å². The van der Waals surface area contributed by atoms with Crippen molar-refractivity contribution in [2.75, 3.05) is 29.6 Å². The van der Waals surface area contributed by atoms with Gasteiger partial charge in [-0.25, -0.2) is 22.8 Å². The summed E-state index contributed by atoms with van der Waals surface area (Å²) in [5, 5.41) is 2.65. The molecule has 1 aromatic carbocycles. The summed E-state index contributed by atoms with van der Waals surface area (Å²) in [6, 6.07) is 6.01. The minimum Gasteiger partial charge on any atom is -0.356 e. The third-order valence-electron chi connectivity index (χ3n) is 4.80. The second kappa shape index (κ2) is 6.04. The molecule has 3 N–H and O–H groups in total. The van der Waals surface area contributed by atoms with Gasteiger partial charge in [-0.15, -0.1) is 0 Å². The van der Waals surface area contributed by atoms with Crippen molar-refractivity contribution < 1.29 is 12.8 Å². The molecule has 2 aliphatic rings. The van der Waals surface area contributed by atoms with Crippen LogP contribution in [0.5, 0.6) is 0 Å². The maximum Gasteiger partial charge on any atom is 0.250 e. The fourth-order valence-electron chi connectivity index (χ4n) is 3.29. The van der Waals surface area contributed by atoms with E-state index in [0.717, 1.165) is 19.3 Å². The van der Waals surface area contributed by atoms with E-state index < -0.39 is 15.7 Å². The molecule has 0 amide bonds. The van der Waals surface area contributed by atoms with Gasteiger partial charge in [-0.3, -0.25) is 0 Å². The first-order chi connectivity index (χ1) is 12.2. The molecule has 3 atom stereocenters. The Morgan fingerprint density at radius 3 is 2.58 bits per heavy atom. The fraction of sp³-hybridized carbons (Fsp3) is 0.375. The van der Waals surface area contributed by atoms with Gasteiger partial charge in [-0.1, -0.05) is 11.6 Å². The van der Waals surface area contributed by atoms with Gasteiger partial charge in [0.05, 0.1) is 5.02 Å². The van der Waals surface area contributed by atoms with Crippen LogP contribution in [0.1, 0.15) is 0 Å². The molecule has 0 bridgehead atoms. The Balaban J connectivity index is 1.67. The standard InChI is InChI=1S/C16H17ClFN5O2S/c1-26(24,25)16-21-13(20-8-2-3-12(18)11(17)4-8)5-14(22-16)23-6-9-10(7-23)15(9)19/h2-5,9-10,15H,6-7,19H2,1H3,(H,20,21,22)/t9-,10+,15?. The van der Waals surface area contributed by atoms with Crippen molar-refractivity contribution in [1.82, 2.24) is 9.97 Å². The van der Waals surface area contributed by atoms with Crippen molar-refractivity contribution in [3.8, 4) is 0 Å². The quantitative estimate of drug-likeness (QED) is 0.758. The second-order valence-corrected chi connectivity index (χ2v) is 9.05. The molecule has 1 saturated heterocycles. The fourth-order valence-corrected chi connectivity index (χ4v) is 3.99. The van der Waals surface area contributed by atoms with E-state index in [4.69, 9.17) is 17.3 Å². The number of sulfone groups is 1. The molecule has 0 spiro atoms. The van der Waals surface area contributed by atoms with Crippen LogP contribution < -0.4 is 16.0 Å². The van der Waals surface area contributed by atoms with Crippen LogP contribution in [0.4, 0.5) is 21.7 Å². The molecular formula is C16H17ClFN5O2S. The van der Waals surface area contributed by atoms with E-state index in [1.807, 2.05) is 4.90 Å². The number of anilines is 3. The Labute approximate surface area is 155 Å². The minimum absolute atomic E-state index is 0.0405. The second-order valence-electron chi connectivity index (χ2n) is 6.73. The normalized spacial score (nSPS) is 24.5. The zero-order chi connectivity index (χ0) is 18.6. The van der Waals surface area contributed by atoms with Crippen molar-refractivity contribution in [3.63, 3.8) is 0 Å². The lowest BCUT2D eigenvalue weighted by Gasteiger charge is -2.21. The molecule has 1 unspecified atom stereocenters. The lowest BCUT2D eigenvalue weighted by atomic mass is 10.3. The minimum atomic E-state index is -3.60. The first-order valence-electron chi connectivity index (χ1n) is 8.04. The third kappa shape index (κ3) is 3.22. The molecule has 1 saturated carbocycles. The predicted octanol–water partition coefficient (Wildman–Crippen LogP) is 1.81. The summed E-state index contributed by atoms with van der Waals surface area (Å²) in [4.78, 5) is 10.3. The summed E-state index contributed by atoms with van der Waals surface area (Å²) >= 11 is 5.79. The van der Waals surface area contributed by atoms with Crippen molar-refractivity contribution in [1.29, 1.82) is 0 Å². The van der Waals surface area contributed by atoms with Crippen LogP contribution in [0.25, 0.3) is 0 Å². The van der Waals surface area contributed by atoms with Gasteiger partial charge >= 0.3 is 0 Å². The predicted molar refractivity (Wildman–Crippen MR) is 97.0 cm³/mol. The summed E-state index contributed by atoms with van der Waals surface area (Å²) in [6.07, 6.45) is 1.06. The smallest absolute Gasteiger partial charge is 0.250 e. The van der Waals surface area contributed by atoms with E-state index in [1.165, 1.54) is 18.2 Å². The van der Waals surface area contributed by atoms with Gasteiger partial charge in [0.25, 0.3) is 5.16 Å². The van der Waals surface area contributed by atoms with Gasteiger partial charge < -0.3 is 16.0 Å². The van der Waals surface area contributed by atoms with Gasteiger partial charge in [0, 0.05) is 37.1 Å². The number of aromatic nitrogens is 2. The number of hydrogen-bond donors (Lipinski definition) is 2. The zero-order valence-electron chi connectivity index (χ0n) is 13.9. The SMILES string of the molecule is CS(=O)(=O)c1nc(Nc2ccc(F)c(Cl)c2)cc(N2C[C@@H]3C(N)[C@@H]3C2)n1. The number of nitrogens with zero attached hydrogens (tertiary/aromatic N) is 3. The van der Waals surface area contributed by atoms with Crippen molar-refractivity contribution in [3.05, 3.63) is 35.1 Å². The number of benzene rings is 1. The molecule has 7 nitrogen and oxygen atoms in total. The highest BCUT2D eigenvalue weighted by atomic mass is 35.5. The molecule has 1 aliphatic heterocycles. The van der Waals surface area contributed by atoms with Crippen molar-refractivity contribution in [2.24, 2.45) is 17.6 Å².